The van der Waals surface area contributed by atoms with E-state index in [-0.39, 0.29) is 5.38 Å². The molecule has 0 fully saturated rings. The van der Waals surface area contributed by atoms with Crippen LogP contribution in [0.4, 0.5) is 0 Å². The SMILES string of the molecule is CCOc1ccc(C(Cl)c2cccnc2)cc1. The number of hydrogen-bond donors (Lipinski definition) is 0. The Morgan fingerprint density at radius 3 is 2.53 bits per heavy atom. The molecule has 0 saturated heterocycles. The second-order valence-electron chi connectivity index (χ2n) is 3.65. The van der Waals surface area contributed by atoms with Crippen LogP contribution in [0.15, 0.2) is 48.8 Å². The van der Waals surface area contributed by atoms with Crippen LogP contribution in [0.3, 0.4) is 0 Å². The van der Waals surface area contributed by atoms with E-state index in [4.69, 9.17) is 16.3 Å². The predicted octanol–water partition coefficient (Wildman–Crippen LogP) is 3.81. The lowest BCUT2D eigenvalue weighted by atomic mass is 10.1. The lowest BCUT2D eigenvalue weighted by Crippen LogP contribution is -1.95. The summed E-state index contributed by atoms with van der Waals surface area (Å²) in [6, 6.07) is 11.7. The largest absolute Gasteiger partial charge is 0.494 e. The second-order valence-corrected chi connectivity index (χ2v) is 4.09. The zero-order valence-corrected chi connectivity index (χ0v) is 10.4. The van der Waals surface area contributed by atoms with Gasteiger partial charge in [-0.15, -0.1) is 11.6 Å². The van der Waals surface area contributed by atoms with Gasteiger partial charge in [-0.05, 0) is 36.2 Å². The lowest BCUT2D eigenvalue weighted by molar-refractivity contribution is 0.340. The maximum atomic E-state index is 6.38. The van der Waals surface area contributed by atoms with Gasteiger partial charge in [0.05, 0.1) is 12.0 Å². The molecule has 1 aromatic heterocycles. The minimum Gasteiger partial charge on any atom is -0.494 e. The van der Waals surface area contributed by atoms with Gasteiger partial charge in [-0.2, -0.15) is 0 Å². The lowest BCUT2D eigenvalue weighted by Gasteiger charge is -2.10. The minimum absolute atomic E-state index is 0.167. The van der Waals surface area contributed by atoms with Crippen molar-refractivity contribution in [2.45, 2.75) is 12.3 Å². The van der Waals surface area contributed by atoms with Gasteiger partial charge in [-0.3, -0.25) is 4.98 Å². The Morgan fingerprint density at radius 2 is 1.94 bits per heavy atom. The molecule has 0 radical (unpaired) electrons. The summed E-state index contributed by atoms with van der Waals surface area (Å²) in [7, 11) is 0. The van der Waals surface area contributed by atoms with Crippen molar-refractivity contribution in [1.82, 2.24) is 4.98 Å². The Balaban J connectivity index is 2.17. The highest BCUT2D eigenvalue weighted by Crippen LogP contribution is 2.29. The molecule has 88 valence electrons. The van der Waals surface area contributed by atoms with Crippen molar-refractivity contribution in [2.75, 3.05) is 6.61 Å². The normalized spacial score (nSPS) is 12.1. The van der Waals surface area contributed by atoms with Crippen molar-refractivity contribution in [3.8, 4) is 5.75 Å². The summed E-state index contributed by atoms with van der Waals surface area (Å²) in [5.74, 6) is 0.867. The van der Waals surface area contributed by atoms with Crippen LogP contribution in [-0.4, -0.2) is 11.6 Å². The highest BCUT2D eigenvalue weighted by atomic mass is 35.5. The standard InChI is InChI=1S/C14H14ClNO/c1-2-17-13-7-5-11(6-8-13)14(15)12-4-3-9-16-10-12/h3-10,14H,2H2,1H3. The average Bonchev–Trinajstić information content (AvgIpc) is 2.40. The van der Waals surface area contributed by atoms with E-state index >= 15 is 0 Å². The summed E-state index contributed by atoms with van der Waals surface area (Å²) in [5.41, 5.74) is 2.04. The van der Waals surface area contributed by atoms with Gasteiger partial charge in [0.25, 0.3) is 0 Å². The first-order valence-electron chi connectivity index (χ1n) is 5.58. The van der Waals surface area contributed by atoms with Gasteiger partial charge in [0.2, 0.25) is 0 Å². The zero-order valence-electron chi connectivity index (χ0n) is 9.64. The van der Waals surface area contributed by atoms with Crippen LogP contribution < -0.4 is 4.74 Å². The fourth-order valence-electron chi connectivity index (χ4n) is 1.62. The van der Waals surface area contributed by atoms with E-state index in [1.165, 1.54) is 0 Å². The highest BCUT2D eigenvalue weighted by Gasteiger charge is 2.10. The molecule has 0 N–H and O–H groups in total. The van der Waals surface area contributed by atoms with Crippen LogP contribution in [-0.2, 0) is 0 Å². The van der Waals surface area contributed by atoms with Crippen molar-refractivity contribution in [1.29, 1.82) is 0 Å². The molecule has 2 aromatic rings. The van der Waals surface area contributed by atoms with Crippen molar-refractivity contribution in [2.24, 2.45) is 0 Å². The van der Waals surface area contributed by atoms with E-state index in [9.17, 15) is 0 Å². The third-order valence-electron chi connectivity index (χ3n) is 2.46. The fourth-order valence-corrected chi connectivity index (χ4v) is 1.89. The van der Waals surface area contributed by atoms with Crippen LogP contribution in [0.5, 0.6) is 5.75 Å². The molecule has 2 rings (SSSR count). The van der Waals surface area contributed by atoms with Gasteiger partial charge in [0.15, 0.2) is 0 Å². The molecule has 0 aliphatic carbocycles. The second kappa shape index (κ2) is 5.69. The van der Waals surface area contributed by atoms with Crippen molar-refractivity contribution < 1.29 is 4.74 Å². The third-order valence-corrected chi connectivity index (χ3v) is 2.96. The van der Waals surface area contributed by atoms with E-state index in [2.05, 4.69) is 4.98 Å². The van der Waals surface area contributed by atoms with Crippen molar-refractivity contribution >= 4 is 11.6 Å². The van der Waals surface area contributed by atoms with Gasteiger partial charge < -0.3 is 4.74 Å². The van der Waals surface area contributed by atoms with Gasteiger partial charge in [0, 0.05) is 12.4 Å². The van der Waals surface area contributed by atoms with Gasteiger partial charge in [-0.25, -0.2) is 0 Å². The quantitative estimate of drug-likeness (QED) is 0.767. The van der Waals surface area contributed by atoms with E-state index in [0.29, 0.717) is 6.61 Å². The number of nitrogens with zero attached hydrogens (tertiary/aromatic N) is 1. The minimum atomic E-state index is -0.167. The van der Waals surface area contributed by atoms with E-state index < -0.39 is 0 Å². The van der Waals surface area contributed by atoms with Gasteiger partial charge >= 0.3 is 0 Å². The number of halogens is 1. The average molecular weight is 248 g/mol. The van der Waals surface area contributed by atoms with Crippen LogP contribution >= 0.6 is 11.6 Å². The molecule has 0 saturated carbocycles. The van der Waals surface area contributed by atoms with Crippen LogP contribution in [0, 0.1) is 0 Å². The molecule has 0 amide bonds. The van der Waals surface area contributed by atoms with Crippen LogP contribution in [0.2, 0.25) is 0 Å². The number of benzene rings is 1. The Morgan fingerprint density at radius 1 is 1.18 bits per heavy atom. The Bertz CT molecular complexity index is 455. The van der Waals surface area contributed by atoms with Gasteiger partial charge in [0.1, 0.15) is 5.75 Å². The molecule has 0 bridgehead atoms. The number of alkyl halides is 1. The molecule has 1 heterocycles. The number of rotatable bonds is 4. The molecule has 0 spiro atoms. The van der Waals surface area contributed by atoms with E-state index in [1.807, 2.05) is 43.3 Å². The fraction of sp³-hybridized carbons (Fsp3) is 0.214. The molecule has 0 aliphatic rings. The Kier molecular flexibility index (Phi) is 3.99. The maximum Gasteiger partial charge on any atom is 0.119 e. The molecular weight excluding hydrogens is 234 g/mol. The Hall–Kier alpha value is -1.54. The molecule has 0 aliphatic heterocycles. The monoisotopic (exact) mass is 247 g/mol. The summed E-state index contributed by atoms with van der Waals surface area (Å²) in [5, 5.41) is -0.167. The number of hydrogen-bond acceptors (Lipinski definition) is 2. The molecule has 1 atom stereocenters. The maximum absolute atomic E-state index is 6.38. The van der Waals surface area contributed by atoms with Crippen molar-refractivity contribution in [3.63, 3.8) is 0 Å². The first-order chi connectivity index (χ1) is 8.31. The van der Waals surface area contributed by atoms with Gasteiger partial charge in [-0.1, -0.05) is 18.2 Å². The highest BCUT2D eigenvalue weighted by molar-refractivity contribution is 6.22. The summed E-state index contributed by atoms with van der Waals surface area (Å²) >= 11 is 6.38. The summed E-state index contributed by atoms with van der Waals surface area (Å²) in [4.78, 5) is 4.07. The number of pyridine rings is 1. The Labute approximate surface area is 106 Å². The van der Waals surface area contributed by atoms with Crippen LogP contribution in [0.25, 0.3) is 0 Å². The molecular formula is C14H14ClNO. The topological polar surface area (TPSA) is 22.1 Å². The summed E-state index contributed by atoms with van der Waals surface area (Å²) in [6.45, 7) is 2.64. The zero-order chi connectivity index (χ0) is 12.1. The van der Waals surface area contributed by atoms with Crippen molar-refractivity contribution in [3.05, 3.63) is 59.9 Å². The smallest absolute Gasteiger partial charge is 0.119 e. The first kappa shape index (κ1) is 11.9. The van der Waals surface area contributed by atoms with E-state index in [0.717, 1.165) is 16.9 Å². The molecule has 2 nitrogen and oxygen atoms in total. The first-order valence-corrected chi connectivity index (χ1v) is 6.01. The third kappa shape index (κ3) is 2.98. The molecule has 3 heteroatoms. The summed E-state index contributed by atoms with van der Waals surface area (Å²) in [6.07, 6.45) is 3.53. The number of aromatic nitrogens is 1. The molecule has 17 heavy (non-hydrogen) atoms. The summed E-state index contributed by atoms with van der Waals surface area (Å²) < 4.78 is 5.39. The predicted molar refractivity (Wildman–Crippen MR) is 69.5 cm³/mol. The molecule has 1 unspecified atom stereocenters. The number of ether oxygens (including phenoxy) is 1. The van der Waals surface area contributed by atoms with E-state index in [1.54, 1.807) is 12.4 Å². The molecule has 1 aromatic carbocycles. The van der Waals surface area contributed by atoms with Crippen LogP contribution in [0.1, 0.15) is 23.4 Å².